The number of halogens is 1. The number of phenolic OH excluding ortho intramolecular Hbond substituents is 3. The van der Waals surface area contributed by atoms with Crippen molar-refractivity contribution in [2.75, 3.05) is 6.54 Å². The van der Waals surface area contributed by atoms with Crippen LogP contribution in [0.25, 0.3) is 11.3 Å². The van der Waals surface area contributed by atoms with E-state index in [1.807, 2.05) is 29.6 Å². The molecule has 0 spiro atoms. The highest BCUT2D eigenvalue weighted by Crippen LogP contribution is 2.36. The van der Waals surface area contributed by atoms with Gasteiger partial charge in [-0.05, 0) is 24.3 Å². The van der Waals surface area contributed by atoms with Gasteiger partial charge >= 0.3 is 0 Å². The molecule has 3 aromatic rings. The number of aromatic hydroxyl groups is 3. The highest BCUT2D eigenvalue weighted by molar-refractivity contribution is 9.10. The van der Waals surface area contributed by atoms with E-state index in [1.165, 1.54) is 29.7 Å². The van der Waals surface area contributed by atoms with E-state index >= 15 is 0 Å². The molecule has 0 fully saturated rings. The van der Waals surface area contributed by atoms with Crippen molar-refractivity contribution in [1.82, 2.24) is 4.68 Å². The van der Waals surface area contributed by atoms with Crippen molar-refractivity contribution >= 4 is 33.5 Å². The average Bonchev–Trinajstić information content (AvgIpc) is 3.06. The Morgan fingerprint density at radius 1 is 1.15 bits per heavy atom. The van der Waals surface area contributed by atoms with Crippen LogP contribution < -0.4 is 4.80 Å². The molecule has 8 heteroatoms. The van der Waals surface area contributed by atoms with Gasteiger partial charge in [0.2, 0.25) is 10.6 Å². The van der Waals surface area contributed by atoms with Crippen molar-refractivity contribution < 1.29 is 15.3 Å². The molecule has 0 aliphatic heterocycles. The molecule has 138 valence electrons. The van der Waals surface area contributed by atoms with Crippen LogP contribution in [0.1, 0.15) is 5.56 Å². The summed E-state index contributed by atoms with van der Waals surface area (Å²) in [6.07, 6.45) is 3.09. The summed E-state index contributed by atoms with van der Waals surface area (Å²) in [5.74, 6) is -1.43. The summed E-state index contributed by atoms with van der Waals surface area (Å²) in [7, 11) is 0. The Balaban J connectivity index is 2.11. The Hall–Kier alpha value is -2.84. The van der Waals surface area contributed by atoms with Crippen molar-refractivity contribution in [2.45, 2.75) is 0 Å². The van der Waals surface area contributed by atoms with E-state index in [1.54, 1.807) is 10.8 Å². The third kappa shape index (κ3) is 4.12. The first-order valence-electron chi connectivity index (χ1n) is 7.87. The van der Waals surface area contributed by atoms with Crippen molar-refractivity contribution in [2.24, 2.45) is 10.1 Å². The van der Waals surface area contributed by atoms with Gasteiger partial charge in [0.25, 0.3) is 0 Å². The number of aromatic nitrogens is 1. The zero-order valence-electron chi connectivity index (χ0n) is 14.1. The second kappa shape index (κ2) is 8.24. The Kier molecular flexibility index (Phi) is 5.78. The number of benzene rings is 2. The minimum absolute atomic E-state index is 0.263. The maximum Gasteiger partial charge on any atom is 0.206 e. The van der Waals surface area contributed by atoms with Crippen LogP contribution in [-0.4, -0.2) is 32.8 Å². The molecule has 0 aliphatic carbocycles. The summed E-state index contributed by atoms with van der Waals surface area (Å²) in [6, 6.07) is 10.5. The second-order valence-electron chi connectivity index (χ2n) is 5.47. The fraction of sp³-hybridized carbons (Fsp3) is 0.0526. The van der Waals surface area contributed by atoms with Gasteiger partial charge in [0, 0.05) is 21.0 Å². The lowest BCUT2D eigenvalue weighted by atomic mass is 10.2. The van der Waals surface area contributed by atoms with Crippen molar-refractivity contribution in [3.05, 3.63) is 69.3 Å². The summed E-state index contributed by atoms with van der Waals surface area (Å²) < 4.78 is 2.59. The molecule has 0 amide bonds. The fourth-order valence-electron chi connectivity index (χ4n) is 2.32. The normalized spacial score (nSPS) is 12.0. The van der Waals surface area contributed by atoms with Gasteiger partial charge in [0.15, 0.2) is 11.5 Å². The number of nitrogens with zero attached hydrogens (tertiary/aromatic N) is 3. The number of hydrogen-bond acceptors (Lipinski definition) is 6. The molecular formula is C19H16BrN3O3S. The molecule has 0 unspecified atom stereocenters. The van der Waals surface area contributed by atoms with Crippen LogP contribution >= 0.6 is 27.3 Å². The largest absolute Gasteiger partial charge is 0.504 e. The van der Waals surface area contributed by atoms with E-state index < -0.39 is 17.2 Å². The SMILES string of the molecule is C=CCN=c1scc(-c2cccc(Br)c2)n1N=Cc1ccc(O)c(O)c1O. The molecule has 0 saturated heterocycles. The van der Waals surface area contributed by atoms with Gasteiger partial charge < -0.3 is 15.3 Å². The van der Waals surface area contributed by atoms with Gasteiger partial charge in [0.1, 0.15) is 0 Å². The highest BCUT2D eigenvalue weighted by Gasteiger charge is 2.11. The van der Waals surface area contributed by atoms with Crippen LogP contribution in [0.5, 0.6) is 17.2 Å². The van der Waals surface area contributed by atoms with E-state index in [-0.39, 0.29) is 5.56 Å². The molecule has 2 aromatic carbocycles. The third-order valence-corrected chi connectivity index (χ3v) is 4.98. The number of rotatable bonds is 5. The molecule has 1 aromatic heterocycles. The minimum atomic E-state index is -0.585. The molecule has 0 aliphatic rings. The first kappa shape index (κ1) is 18.9. The third-order valence-electron chi connectivity index (χ3n) is 3.63. The lowest BCUT2D eigenvalue weighted by Crippen LogP contribution is -2.12. The quantitative estimate of drug-likeness (QED) is 0.314. The smallest absolute Gasteiger partial charge is 0.206 e. The van der Waals surface area contributed by atoms with E-state index in [4.69, 9.17) is 0 Å². The number of phenols is 3. The molecule has 0 saturated carbocycles. The first-order valence-corrected chi connectivity index (χ1v) is 9.54. The fourth-order valence-corrected chi connectivity index (χ4v) is 3.56. The summed E-state index contributed by atoms with van der Waals surface area (Å²) in [6.45, 7) is 4.12. The molecule has 1 heterocycles. The second-order valence-corrected chi connectivity index (χ2v) is 7.22. The Morgan fingerprint density at radius 2 is 1.96 bits per heavy atom. The van der Waals surface area contributed by atoms with Crippen LogP contribution in [0.4, 0.5) is 0 Å². The Bertz CT molecular complexity index is 1090. The van der Waals surface area contributed by atoms with E-state index in [0.717, 1.165) is 15.7 Å². The van der Waals surface area contributed by atoms with Gasteiger partial charge in [-0.1, -0.05) is 34.1 Å². The van der Waals surface area contributed by atoms with Gasteiger partial charge in [-0.25, -0.2) is 4.68 Å². The molecule has 0 atom stereocenters. The maximum absolute atomic E-state index is 9.99. The van der Waals surface area contributed by atoms with Gasteiger partial charge in [-0.3, -0.25) is 4.99 Å². The average molecular weight is 446 g/mol. The van der Waals surface area contributed by atoms with Crippen LogP contribution in [0.15, 0.2) is 69.0 Å². The van der Waals surface area contributed by atoms with Crippen LogP contribution in [0, 0.1) is 0 Å². The number of hydrogen-bond donors (Lipinski definition) is 3. The van der Waals surface area contributed by atoms with Gasteiger partial charge in [-0.2, -0.15) is 5.10 Å². The van der Waals surface area contributed by atoms with Crippen LogP contribution in [-0.2, 0) is 0 Å². The maximum atomic E-state index is 9.99. The van der Waals surface area contributed by atoms with Gasteiger partial charge in [-0.15, -0.1) is 17.9 Å². The van der Waals surface area contributed by atoms with Crippen molar-refractivity contribution in [3.8, 4) is 28.5 Å². The lowest BCUT2D eigenvalue weighted by molar-refractivity contribution is 0.367. The monoisotopic (exact) mass is 445 g/mol. The standard InChI is InChI=1S/C19H16BrN3O3S/c1-2-8-21-19-23(15(11-27-19)12-4-3-5-14(20)9-12)22-10-13-6-7-16(24)18(26)17(13)25/h2-7,9-11,24-26H,1,8H2. The van der Waals surface area contributed by atoms with Crippen molar-refractivity contribution in [1.29, 1.82) is 0 Å². The van der Waals surface area contributed by atoms with E-state index in [2.05, 4.69) is 32.6 Å². The predicted molar refractivity (Wildman–Crippen MR) is 111 cm³/mol. The number of thiazole rings is 1. The zero-order valence-corrected chi connectivity index (χ0v) is 16.5. The Labute approximate surface area is 167 Å². The molecule has 0 radical (unpaired) electrons. The summed E-state index contributed by atoms with van der Waals surface area (Å²) in [5.41, 5.74) is 2.03. The first-order chi connectivity index (χ1) is 13.0. The molecule has 6 nitrogen and oxygen atoms in total. The zero-order chi connectivity index (χ0) is 19.4. The summed E-state index contributed by atoms with van der Waals surface area (Å²) in [4.78, 5) is 5.10. The molecule has 3 N–H and O–H groups in total. The van der Waals surface area contributed by atoms with Crippen LogP contribution in [0.2, 0.25) is 0 Å². The molecule has 27 heavy (non-hydrogen) atoms. The van der Waals surface area contributed by atoms with Crippen LogP contribution in [0.3, 0.4) is 0 Å². The molecule has 0 bridgehead atoms. The Morgan fingerprint density at radius 3 is 2.70 bits per heavy atom. The van der Waals surface area contributed by atoms with E-state index in [9.17, 15) is 15.3 Å². The van der Waals surface area contributed by atoms with Gasteiger partial charge in [0.05, 0.1) is 18.5 Å². The summed E-state index contributed by atoms with van der Waals surface area (Å²) in [5, 5.41) is 35.5. The molecular weight excluding hydrogens is 430 g/mol. The summed E-state index contributed by atoms with van der Waals surface area (Å²) >= 11 is 4.90. The molecule has 3 rings (SSSR count). The highest BCUT2D eigenvalue weighted by atomic mass is 79.9. The topological polar surface area (TPSA) is 90.3 Å². The van der Waals surface area contributed by atoms with Crippen molar-refractivity contribution in [3.63, 3.8) is 0 Å². The minimum Gasteiger partial charge on any atom is -0.504 e. The van der Waals surface area contributed by atoms with E-state index in [0.29, 0.717) is 11.3 Å². The predicted octanol–water partition coefficient (Wildman–Crippen LogP) is 4.06. The lowest BCUT2D eigenvalue weighted by Gasteiger charge is -2.06.